The van der Waals surface area contributed by atoms with E-state index in [0.29, 0.717) is 6.42 Å². The average molecular weight is 430 g/mol. The molecule has 1 fully saturated rings. The Balaban J connectivity index is 1.38. The van der Waals surface area contributed by atoms with Crippen molar-refractivity contribution in [1.29, 1.82) is 0 Å². The zero-order valence-corrected chi connectivity index (χ0v) is 18.5. The first-order valence-corrected chi connectivity index (χ1v) is 12.5. The second-order valence-electron chi connectivity index (χ2n) is 6.70. The monoisotopic (exact) mass is 429 g/mol. The number of piperazine rings is 1. The fourth-order valence-electron chi connectivity index (χ4n) is 3.39. The largest absolute Gasteiger partial charge is 0.345 e. The zero-order chi connectivity index (χ0) is 19.5. The second kappa shape index (κ2) is 8.76. The highest BCUT2D eigenvalue weighted by molar-refractivity contribution is 7.99. The van der Waals surface area contributed by atoms with Crippen LogP contribution in [0.3, 0.4) is 0 Å². The van der Waals surface area contributed by atoms with Crippen molar-refractivity contribution in [2.45, 2.75) is 16.2 Å². The Morgan fingerprint density at radius 2 is 1.79 bits per heavy atom. The van der Waals surface area contributed by atoms with Gasteiger partial charge in [-0.05, 0) is 42.3 Å². The topological polar surface area (TPSA) is 36.4 Å². The molecule has 1 aromatic heterocycles. The molecular formula is C21H23N3OS3. The van der Waals surface area contributed by atoms with Gasteiger partial charge in [0, 0.05) is 36.0 Å². The second-order valence-corrected chi connectivity index (χ2v) is 9.43. The van der Waals surface area contributed by atoms with Crippen LogP contribution in [0.2, 0.25) is 0 Å². The quantitative estimate of drug-likeness (QED) is 0.553. The van der Waals surface area contributed by atoms with Crippen LogP contribution in [0, 0.1) is 0 Å². The number of amides is 1. The maximum atomic E-state index is 12.7. The molecule has 3 aromatic rings. The van der Waals surface area contributed by atoms with Gasteiger partial charge in [-0.1, -0.05) is 29.5 Å². The van der Waals surface area contributed by atoms with Crippen LogP contribution < -0.4 is 4.90 Å². The molecule has 2 aromatic carbocycles. The molecule has 2 heterocycles. The summed E-state index contributed by atoms with van der Waals surface area (Å²) in [4.78, 5) is 24.3. The number of carbonyl (C=O) groups is 1. The minimum absolute atomic E-state index is 0.213. The highest BCUT2D eigenvalue weighted by Crippen LogP contribution is 2.34. The number of anilines is 1. The van der Waals surface area contributed by atoms with Gasteiger partial charge < -0.3 is 9.80 Å². The van der Waals surface area contributed by atoms with Crippen LogP contribution in [0.1, 0.15) is 5.56 Å². The zero-order valence-electron chi connectivity index (χ0n) is 16.1. The average Bonchev–Trinajstić information content (AvgIpc) is 3.19. The first-order valence-electron chi connectivity index (χ1n) is 9.27. The number of rotatable bonds is 5. The molecule has 0 aliphatic carbocycles. The molecule has 0 N–H and O–H groups in total. The third kappa shape index (κ3) is 4.16. The Morgan fingerprint density at radius 3 is 2.46 bits per heavy atom. The van der Waals surface area contributed by atoms with Crippen LogP contribution in [-0.4, -0.2) is 54.5 Å². The molecule has 4 nitrogen and oxygen atoms in total. The van der Waals surface area contributed by atoms with Crippen molar-refractivity contribution in [3.8, 4) is 0 Å². The van der Waals surface area contributed by atoms with Gasteiger partial charge in [-0.15, -0.1) is 23.5 Å². The van der Waals surface area contributed by atoms with Crippen molar-refractivity contribution < 1.29 is 4.79 Å². The normalized spacial score (nSPS) is 14.6. The molecule has 4 rings (SSSR count). The molecule has 1 saturated heterocycles. The molecule has 146 valence electrons. The summed E-state index contributed by atoms with van der Waals surface area (Å²) >= 11 is 5.20. The number of para-hydroxylation sites is 1. The van der Waals surface area contributed by atoms with E-state index in [4.69, 9.17) is 4.98 Å². The fourth-order valence-corrected chi connectivity index (χ4v) is 5.47. The molecule has 0 atom stereocenters. The van der Waals surface area contributed by atoms with E-state index in [2.05, 4.69) is 59.9 Å². The first kappa shape index (κ1) is 19.6. The molecule has 0 saturated carbocycles. The summed E-state index contributed by atoms with van der Waals surface area (Å²) in [7, 11) is 0. The summed E-state index contributed by atoms with van der Waals surface area (Å²) in [6.45, 7) is 3.19. The van der Waals surface area contributed by atoms with Gasteiger partial charge in [-0.25, -0.2) is 4.98 Å². The lowest BCUT2D eigenvalue weighted by Gasteiger charge is -2.34. The number of aromatic nitrogens is 1. The molecule has 7 heteroatoms. The van der Waals surface area contributed by atoms with Gasteiger partial charge in [0.1, 0.15) is 0 Å². The van der Waals surface area contributed by atoms with Crippen LogP contribution in [0.4, 0.5) is 5.13 Å². The van der Waals surface area contributed by atoms with Crippen molar-refractivity contribution >= 4 is 56.1 Å². The Bertz CT molecular complexity index is 963. The highest BCUT2D eigenvalue weighted by atomic mass is 32.2. The number of nitrogens with zero attached hydrogens (tertiary/aromatic N) is 3. The summed E-state index contributed by atoms with van der Waals surface area (Å²) in [5, 5.41) is 1.07. The summed E-state index contributed by atoms with van der Waals surface area (Å²) in [6.07, 6.45) is 4.63. The molecule has 1 aliphatic heterocycles. The molecule has 0 radical (unpaired) electrons. The van der Waals surface area contributed by atoms with Crippen LogP contribution in [0.25, 0.3) is 10.2 Å². The minimum atomic E-state index is 0.213. The molecule has 0 bridgehead atoms. The van der Waals surface area contributed by atoms with Gasteiger partial charge in [-0.2, -0.15) is 0 Å². The lowest BCUT2D eigenvalue weighted by atomic mass is 10.1. The summed E-state index contributed by atoms with van der Waals surface area (Å²) in [5.41, 5.74) is 2.18. The van der Waals surface area contributed by atoms with E-state index in [-0.39, 0.29) is 5.91 Å². The third-order valence-corrected chi connectivity index (χ3v) is 7.60. The van der Waals surface area contributed by atoms with E-state index in [1.54, 1.807) is 34.9 Å². The van der Waals surface area contributed by atoms with Crippen molar-refractivity contribution in [2.24, 2.45) is 0 Å². The van der Waals surface area contributed by atoms with Crippen LogP contribution in [-0.2, 0) is 11.2 Å². The maximum Gasteiger partial charge on any atom is 0.227 e. The number of hydrogen-bond acceptors (Lipinski definition) is 6. The van der Waals surface area contributed by atoms with Crippen LogP contribution >= 0.6 is 34.9 Å². The van der Waals surface area contributed by atoms with Crippen LogP contribution in [0.5, 0.6) is 0 Å². The van der Waals surface area contributed by atoms with Gasteiger partial charge in [-0.3, -0.25) is 4.79 Å². The lowest BCUT2D eigenvalue weighted by molar-refractivity contribution is -0.130. The van der Waals surface area contributed by atoms with Crippen molar-refractivity contribution in [3.05, 3.63) is 48.0 Å². The third-order valence-electron chi connectivity index (χ3n) is 5.01. The Kier molecular flexibility index (Phi) is 6.13. The molecule has 0 spiro atoms. The number of carbonyl (C=O) groups excluding carboxylic acids is 1. The van der Waals surface area contributed by atoms with E-state index in [0.717, 1.165) is 42.4 Å². The Labute approximate surface area is 178 Å². The van der Waals surface area contributed by atoms with Gasteiger partial charge in [0.15, 0.2) is 5.13 Å². The molecule has 1 aliphatic rings. The standard InChI is InChI=1S/C21H23N3OS3/c1-26-16-8-6-15(7-9-16)14-19(25)23-10-12-24(13-11-23)21-22-20-17(27-2)4-3-5-18(20)28-21/h3-9H,10-14H2,1-2H3. The molecule has 1 amide bonds. The predicted molar refractivity (Wildman–Crippen MR) is 122 cm³/mol. The maximum absolute atomic E-state index is 12.7. The van der Waals surface area contributed by atoms with Gasteiger partial charge in [0.25, 0.3) is 0 Å². The Morgan fingerprint density at radius 1 is 1.04 bits per heavy atom. The van der Waals surface area contributed by atoms with Gasteiger partial charge >= 0.3 is 0 Å². The van der Waals surface area contributed by atoms with Crippen molar-refractivity contribution in [3.63, 3.8) is 0 Å². The molecule has 0 unspecified atom stereocenters. The SMILES string of the molecule is CSc1ccc(CC(=O)N2CCN(c3nc4c(SC)cccc4s3)CC2)cc1. The van der Waals surface area contributed by atoms with Crippen molar-refractivity contribution in [2.75, 3.05) is 43.6 Å². The number of fused-ring (bicyclic) bond motifs is 1. The number of thioether (sulfide) groups is 2. The smallest absolute Gasteiger partial charge is 0.227 e. The minimum Gasteiger partial charge on any atom is -0.345 e. The summed E-state index contributed by atoms with van der Waals surface area (Å²) in [5.74, 6) is 0.213. The summed E-state index contributed by atoms with van der Waals surface area (Å²) < 4.78 is 1.23. The van der Waals surface area contributed by atoms with E-state index >= 15 is 0 Å². The lowest BCUT2D eigenvalue weighted by Crippen LogP contribution is -2.49. The molecule has 28 heavy (non-hydrogen) atoms. The predicted octanol–water partition coefficient (Wildman–Crippen LogP) is 4.63. The number of benzene rings is 2. The molecular weight excluding hydrogens is 406 g/mol. The van der Waals surface area contributed by atoms with Gasteiger partial charge in [0.05, 0.1) is 16.6 Å². The highest BCUT2D eigenvalue weighted by Gasteiger charge is 2.23. The van der Waals surface area contributed by atoms with Gasteiger partial charge in [0.2, 0.25) is 5.91 Å². The van der Waals surface area contributed by atoms with Crippen molar-refractivity contribution in [1.82, 2.24) is 9.88 Å². The van der Waals surface area contributed by atoms with E-state index in [1.807, 2.05) is 4.90 Å². The first-order chi connectivity index (χ1) is 13.7. The Hall–Kier alpha value is -1.70. The van der Waals surface area contributed by atoms with E-state index in [1.165, 1.54) is 14.5 Å². The summed E-state index contributed by atoms with van der Waals surface area (Å²) in [6, 6.07) is 14.6. The number of hydrogen-bond donors (Lipinski definition) is 0. The fraction of sp³-hybridized carbons (Fsp3) is 0.333. The van der Waals surface area contributed by atoms with E-state index < -0.39 is 0 Å². The number of thiazole rings is 1. The van der Waals surface area contributed by atoms with Crippen LogP contribution in [0.15, 0.2) is 52.3 Å². The van der Waals surface area contributed by atoms with E-state index in [9.17, 15) is 4.79 Å².